The molecule has 48 heavy (non-hydrogen) atoms. The molecule has 5 aromatic rings. The van der Waals surface area contributed by atoms with Crippen LogP contribution in [0.5, 0.6) is 5.75 Å². The predicted octanol–water partition coefficient (Wildman–Crippen LogP) is 4.50. The maximum absolute atomic E-state index is 14.0. The molecule has 3 atom stereocenters. The van der Waals surface area contributed by atoms with E-state index in [4.69, 9.17) is 15.5 Å². The molecule has 2 aromatic carbocycles. The predicted molar refractivity (Wildman–Crippen MR) is 180 cm³/mol. The van der Waals surface area contributed by atoms with Crippen LogP contribution in [0, 0.1) is 11.8 Å². The number of benzene rings is 2. The number of nitrogens with two attached hydrogens (primary N) is 1. The summed E-state index contributed by atoms with van der Waals surface area (Å²) in [5.41, 5.74) is 12.9. The van der Waals surface area contributed by atoms with Crippen molar-refractivity contribution in [2.24, 2.45) is 24.6 Å². The monoisotopic (exact) mass is 648 g/mol. The van der Waals surface area contributed by atoms with Gasteiger partial charge in [-0.25, -0.2) is 9.78 Å². The lowest BCUT2D eigenvalue weighted by atomic mass is 9.90. The standard InChI is InChI=1S/C36H40N8O4/c1-40-14-21(13-38-40)16-44-33-27(10-24(12-30(33)48-2)35(45)43-19-23-8-9-28(43)31(23)37)39-34(44)29-11-22-4-3-5-26(25-17-41(18-25)36(46)47)32(22)42(29)15-20-6-7-20/h3-5,10-14,20,23,25,28,31H,6-9,15-19,37H2,1-2H3,(H,46,47)/t23-,28-,31-/m1/s1. The zero-order valence-electron chi connectivity index (χ0n) is 27.2. The lowest BCUT2D eigenvalue weighted by Crippen LogP contribution is -2.47. The molecule has 4 fully saturated rings. The Morgan fingerprint density at radius 2 is 1.88 bits per heavy atom. The highest BCUT2D eigenvalue weighted by atomic mass is 16.5. The number of amides is 2. The minimum absolute atomic E-state index is 0.0235. The third kappa shape index (κ3) is 4.60. The van der Waals surface area contributed by atoms with Crippen LogP contribution in [-0.2, 0) is 20.1 Å². The molecule has 4 aliphatic rings. The first-order valence-corrected chi connectivity index (χ1v) is 17.0. The molecule has 2 bridgehead atoms. The maximum Gasteiger partial charge on any atom is 0.407 e. The number of carboxylic acid groups (broad SMARTS) is 1. The van der Waals surface area contributed by atoms with Gasteiger partial charge in [0, 0.05) is 73.9 Å². The number of hydrogen-bond donors (Lipinski definition) is 2. The number of aromatic nitrogens is 5. The highest BCUT2D eigenvalue weighted by Gasteiger charge is 2.47. The lowest BCUT2D eigenvalue weighted by molar-refractivity contribution is 0.0700. The molecule has 2 aliphatic carbocycles. The van der Waals surface area contributed by atoms with Gasteiger partial charge in [-0.05, 0) is 61.3 Å². The Hall–Kier alpha value is -4.84. The number of methoxy groups -OCH3 is 1. The highest BCUT2D eigenvalue weighted by Crippen LogP contribution is 2.42. The minimum Gasteiger partial charge on any atom is -0.494 e. The third-order valence-electron chi connectivity index (χ3n) is 11.2. The largest absolute Gasteiger partial charge is 0.494 e. The van der Waals surface area contributed by atoms with E-state index in [1.807, 2.05) is 36.5 Å². The fourth-order valence-corrected chi connectivity index (χ4v) is 8.49. The number of rotatable bonds is 8. The second kappa shape index (κ2) is 10.8. The second-order valence-electron chi connectivity index (χ2n) is 14.3. The summed E-state index contributed by atoms with van der Waals surface area (Å²) in [5.74, 6) is 2.46. The van der Waals surface area contributed by atoms with E-state index in [9.17, 15) is 14.7 Å². The zero-order chi connectivity index (χ0) is 32.8. The number of para-hydroxylation sites is 1. The Morgan fingerprint density at radius 1 is 1.04 bits per heavy atom. The number of aryl methyl sites for hydroxylation is 1. The van der Waals surface area contributed by atoms with E-state index in [1.54, 1.807) is 11.8 Å². The smallest absolute Gasteiger partial charge is 0.407 e. The van der Waals surface area contributed by atoms with Gasteiger partial charge in [0.05, 0.1) is 36.6 Å². The number of imidazole rings is 1. The fourth-order valence-electron chi connectivity index (χ4n) is 8.49. The third-order valence-corrected chi connectivity index (χ3v) is 11.2. The second-order valence-corrected chi connectivity index (χ2v) is 14.3. The molecule has 5 heterocycles. The van der Waals surface area contributed by atoms with Crippen LogP contribution in [0.4, 0.5) is 4.79 Å². The molecular formula is C36H40N8O4. The number of nitrogens with zero attached hydrogens (tertiary/aromatic N) is 7. The molecule has 2 aliphatic heterocycles. The van der Waals surface area contributed by atoms with E-state index >= 15 is 0 Å². The SMILES string of the molecule is COc1cc(C(=O)N2C[C@H]3CC[C@@H]2[C@@H]3N)cc2nc(-c3cc4cccc(C5CN(C(=O)O)C5)c4n3CC3CC3)n(Cc3cnn(C)c3)c12. The van der Waals surface area contributed by atoms with Crippen molar-refractivity contribution in [3.8, 4) is 17.3 Å². The quantitative estimate of drug-likeness (QED) is 0.253. The van der Waals surface area contributed by atoms with Crippen molar-refractivity contribution in [1.29, 1.82) is 0 Å². The van der Waals surface area contributed by atoms with Gasteiger partial charge in [-0.2, -0.15) is 5.10 Å². The average molecular weight is 649 g/mol. The molecule has 0 unspecified atom stereocenters. The number of carbonyl (C=O) groups is 2. The van der Waals surface area contributed by atoms with Gasteiger partial charge in [0.25, 0.3) is 5.91 Å². The lowest BCUT2D eigenvalue weighted by Gasteiger charge is -2.37. The fraction of sp³-hybridized carbons (Fsp3) is 0.444. The Bertz CT molecular complexity index is 2100. The molecule has 0 radical (unpaired) electrons. The Balaban J connectivity index is 1.21. The van der Waals surface area contributed by atoms with Gasteiger partial charge in [0.1, 0.15) is 11.3 Å². The highest BCUT2D eigenvalue weighted by molar-refractivity contribution is 6.01. The maximum atomic E-state index is 14.0. The summed E-state index contributed by atoms with van der Waals surface area (Å²) in [4.78, 5) is 34.3. The molecule has 2 saturated carbocycles. The van der Waals surface area contributed by atoms with Crippen LogP contribution in [0.1, 0.15) is 53.1 Å². The number of likely N-dealkylation sites (tertiary alicyclic amines) is 2. The van der Waals surface area contributed by atoms with Crippen molar-refractivity contribution >= 4 is 33.9 Å². The molecule has 0 spiro atoms. The summed E-state index contributed by atoms with van der Waals surface area (Å²) < 4.78 is 12.4. The van der Waals surface area contributed by atoms with Gasteiger partial charge in [0.2, 0.25) is 0 Å². The first-order chi connectivity index (χ1) is 23.3. The molecule has 9 rings (SSSR count). The Kier molecular flexibility index (Phi) is 6.62. The Labute approximate surface area is 277 Å². The minimum atomic E-state index is -0.872. The van der Waals surface area contributed by atoms with Gasteiger partial charge in [-0.1, -0.05) is 18.2 Å². The molecule has 248 valence electrons. The Morgan fingerprint density at radius 3 is 2.54 bits per heavy atom. The van der Waals surface area contributed by atoms with Crippen LogP contribution in [0.15, 0.2) is 48.8 Å². The van der Waals surface area contributed by atoms with E-state index in [1.165, 1.54) is 23.3 Å². The summed E-state index contributed by atoms with van der Waals surface area (Å²) >= 11 is 0. The summed E-state index contributed by atoms with van der Waals surface area (Å²) in [6, 6.07) is 12.5. The van der Waals surface area contributed by atoms with Crippen molar-refractivity contribution in [1.82, 2.24) is 33.7 Å². The molecule has 12 nitrogen and oxygen atoms in total. The van der Waals surface area contributed by atoms with Gasteiger partial charge >= 0.3 is 6.09 Å². The van der Waals surface area contributed by atoms with Crippen LogP contribution >= 0.6 is 0 Å². The van der Waals surface area contributed by atoms with Crippen LogP contribution in [0.3, 0.4) is 0 Å². The summed E-state index contributed by atoms with van der Waals surface area (Å²) in [6.07, 6.45) is 7.40. The van der Waals surface area contributed by atoms with Crippen molar-refractivity contribution in [2.75, 3.05) is 26.7 Å². The van der Waals surface area contributed by atoms with E-state index in [0.29, 0.717) is 54.8 Å². The zero-order valence-corrected chi connectivity index (χ0v) is 27.2. The van der Waals surface area contributed by atoms with Crippen LogP contribution < -0.4 is 10.5 Å². The van der Waals surface area contributed by atoms with Crippen LogP contribution in [-0.4, -0.2) is 89.6 Å². The molecule has 12 heteroatoms. The number of hydrogen-bond acceptors (Lipinski definition) is 6. The van der Waals surface area contributed by atoms with E-state index in [2.05, 4.69) is 38.5 Å². The van der Waals surface area contributed by atoms with Gasteiger partial charge < -0.3 is 34.5 Å². The van der Waals surface area contributed by atoms with Crippen molar-refractivity contribution in [2.45, 2.75) is 56.8 Å². The van der Waals surface area contributed by atoms with Gasteiger partial charge in [-0.15, -0.1) is 0 Å². The van der Waals surface area contributed by atoms with Crippen molar-refractivity contribution < 1.29 is 19.4 Å². The number of fused-ring (bicyclic) bond motifs is 4. The van der Waals surface area contributed by atoms with Crippen LogP contribution in [0.2, 0.25) is 0 Å². The van der Waals surface area contributed by atoms with Crippen LogP contribution in [0.25, 0.3) is 33.5 Å². The van der Waals surface area contributed by atoms with Crippen molar-refractivity contribution in [3.05, 3.63) is 65.5 Å². The number of piperidine rings is 1. The van der Waals surface area contributed by atoms with E-state index in [-0.39, 0.29) is 23.9 Å². The van der Waals surface area contributed by atoms with Gasteiger partial charge in [0.15, 0.2) is 5.82 Å². The normalized spacial score (nSPS) is 22.3. The first-order valence-electron chi connectivity index (χ1n) is 17.0. The van der Waals surface area contributed by atoms with Gasteiger partial charge in [-0.3, -0.25) is 9.48 Å². The summed E-state index contributed by atoms with van der Waals surface area (Å²) in [5, 5.41) is 15.1. The molecular weight excluding hydrogens is 608 g/mol. The van der Waals surface area contributed by atoms with E-state index in [0.717, 1.165) is 52.9 Å². The van der Waals surface area contributed by atoms with E-state index < -0.39 is 6.09 Å². The molecule has 2 amide bonds. The average Bonchev–Trinajstić information content (AvgIpc) is 3.31. The summed E-state index contributed by atoms with van der Waals surface area (Å²) in [6.45, 7) is 3.06. The first kappa shape index (κ1) is 29.3. The van der Waals surface area contributed by atoms with Crippen molar-refractivity contribution in [3.63, 3.8) is 0 Å². The number of ether oxygens (including phenoxy) is 1. The molecule has 3 aromatic heterocycles. The topological polar surface area (TPSA) is 137 Å². The molecule has 2 saturated heterocycles. The molecule has 3 N–H and O–H groups in total. The number of carbonyl (C=O) groups excluding carboxylic acids is 1. The summed E-state index contributed by atoms with van der Waals surface area (Å²) in [7, 11) is 3.56.